The van der Waals surface area contributed by atoms with Crippen LogP contribution in [0.25, 0.3) is 5.52 Å². The van der Waals surface area contributed by atoms with E-state index in [-0.39, 0.29) is 17.4 Å². The summed E-state index contributed by atoms with van der Waals surface area (Å²) in [6.45, 7) is 5.66. The van der Waals surface area contributed by atoms with Crippen molar-refractivity contribution in [2.75, 3.05) is 12.4 Å². The van der Waals surface area contributed by atoms with Gasteiger partial charge in [-0.25, -0.2) is 4.98 Å². The SMILES string of the molecule is COc1ccccc1NC(=O)c1nc(C(=O)NC(C)(C)C)c2ccccn12. The number of hydrogen-bond donors (Lipinski definition) is 2. The summed E-state index contributed by atoms with van der Waals surface area (Å²) in [6.07, 6.45) is 1.70. The van der Waals surface area contributed by atoms with Gasteiger partial charge in [0.15, 0.2) is 5.69 Å². The number of methoxy groups -OCH3 is 1. The first kappa shape index (κ1) is 18.4. The van der Waals surface area contributed by atoms with Gasteiger partial charge < -0.3 is 15.4 Å². The minimum Gasteiger partial charge on any atom is -0.495 e. The molecule has 0 spiro atoms. The second kappa shape index (κ2) is 7.11. The average molecular weight is 366 g/mol. The van der Waals surface area contributed by atoms with Crippen LogP contribution in [0.4, 0.5) is 5.69 Å². The van der Waals surface area contributed by atoms with Crippen molar-refractivity contribution in [3.05, 3.63) is 60.2 Å². The molecule has 27 heavy (non-hydrogen) atoms. The topological polar surface area (TPSA) is 84.7 Å². The molecule has 0 saturated heterocycles. The van der Waals surface area contributed by atoms with Crippen molar-refractivity contribution in [1.82, 2.24) is 14.7 Å². The Hall–Kier alpha value is -3.35. The molecular formula is C20H22N4O3. The summed E-state index contributed by atoms with van der Waals surface area (Å²) in [6, 6.07) is 12.4. The summed E-state index contributed by atoms with van der Waals surface area (Å²) in [7, 11) is 1.53. The molecule has 2 aromatic heterocycles. The van der Waals surface area contributed by atoms with Crippen LogP contribution in [0.2, 0.25) is 0 Å². The summed E-state index contributed by atoms with van der Waals surface area (Å²) >= 11 is 0. The van der Waals surface area contributed by atoms with Crippen molar-refractivity contribution in [2.24, 2.45) is 0 Å². The van der Waals surface area contributed by atoms with Crippen LogP contribution in [0, 0.1) is 0 Å². The van der Waals surface area contributed by atoms with Crippen LogP contribution >= 0.6 is 0 Å². The first-order valence-corrected chi connectivity index (χ1v) is 8.54. The number of nitrogens with zero attached hydrogens (tertiary/aromatic N) is 2. The van der Waals surface area contributed by atoms with Crippen LogP contribution in [-0.2, 0) is 0 Å². The Bertz CT molecular complexity index is 1000. The van der Waals surface area contributed by atoms with Crippen molar-refractivity contribution in [1.29, 1.82) is 0 Å². The van der Waals surface area contributed by atoms with Crippen LogP contribution < -0.4 is 15.4 Å². The number of nitrogens with one attached hydrogen (secondary N) is 2. The van der Waals surface area contributed by atoms with Gasteiger partial charge >= 0.3 is 0 Å². The van der Waals surface area contributed by atoms with Gasteiger partial charge in [-0.1, -0.05) is 18.2 Å². The van der Waals surface area contributed by atoms with E-state index in [1.165, 1.54) is 7.11 Å². The molecule has 0 bridgehead atoms. The monoisotopic (exact) mass is 366 g/mol. The number of amides is 2. The highest BCUT2D eigenvalue weighted by molar-refractivity contribution is 6.06. The summed E-state index contributed by atoms with van der Waals surface area (Å²) in [5.74, 6) is -0.106. The van der Waals surface area contributed by atoms with Crippen molar-refractivity contribution >= 4 is 23.0 Å². The molecule has 0 aliphatic rings. The van der Waals surface area contributed by atoms with Gasteiger partial charge in [0, 0.05) is 11.7 Å². The number of carbonyl (C=O) groups is 2. The molecule has 7 nitrogen and oxygen atoms in total. The number of para-hydroxylation sites is 2. The molecule has 0 aliphatic carbocycles. The number of fused-ring (bicyclic) bond motifs is 1. The van der Waals surface area contributed by atoms with Gasteiger partial charge in [-0.3, -0.25) is 14.0 Å². The smallest absolute Gasteiger partial charge is 0.292 e. The highest BCUT2D eigenvalue weighted by atomic mass is 16.5. The van der Waals surface area contributed by atoms with Gasteiger partial charge in [0.2, 0.25) is 5.82 Å². The van der Waals surface area contributed by atoms with E-state index in [0.717, 1.165) is 0 Å². The van der Waals surface area contributed by atoms with Gasteiger partial charge in [0.25, 0.3) is 11.8 Å². The predicted octanol–water partition coefficient (Wildman–Crippen LogP) is 3.12. The molecule has 3 aromatic rings. The molecule has 2 amide bonds. The van der Waals surface area contributed by atoms with Crippen LogP contribution in [0.3, 0.4) is 0 Å². The Labute approximate surface area is 157 Å². The van der Waals surface area contributed by atoms with Gasteiger partial charge in [0.1, 0.15) is 5.75 Å². The quantitative estimate of drug-likeness (QED) is 0.743. The van der Waals surface area contributed by atoms with Crippen molar-refractivity contribution in [2.45, 2.75) is 26.3 Å². The second-order valence-corrected chi connectivity index (χ2v) is 7.10. The fraction of sp³-hybridized carbons (Fsp3) is 0.250. The molecule has 2 heterocycles. The molecule has 0 unspecified atom stereocenters. The third-order valence-electron chi connectivity index (χ3n) is 3.81. The van der Waals surface area contributed by atoms with Crippen LogP contribution in [-0.4, -0.2) is 33.8 Å². The second-order valence-electron chi connectivity index (χ2n) is 7.10. The summed E-state index contributed by atoms with van der Waals surface area (Å²) in [5, 5.41) is 5.67. The van der Waals surface area contributed by atoms with Crippen molar-refractivity contribution in [3.63, 3.8) is 0 Å². The lowest BCUT2D eigenvalue weighted by Gasteiger charge is -2.19. The van der Waals surface area contributed by atoms with E-state index in [1.807, 2.05) is 26.8 Å². The Balaban J connectivity index is 2.00. The first-order chi connectivity index (χ1) is 12.8. The lowest BCUT2D eigenvalue weighted by molar-refractivity contribution is 0.0916. The van der Waals surface area contributed by atoms with Crippen molar-refractivity contribution < 1.29 is 14.3 Å². The third kappa shape index (κ3) is 3.92. The highest BCUT2D eigenvalue weighted by Crippen LogP contribution is 2.24. The lowest BCUT2D eigenvalue weighted by atomic mass is 10.1. The van der Waals surface area contributed by atoms with Crippen LogP contribution in [0.15, 0.2) is 48.7 Å². The number of imidazole rings is 1. The number of aromatic nitrogens is 2. The van der Waals surface area contributed by atoms with Crippen LogP contribution in [0.5, 0.6) is 5.75 Å². The van der Waals surface area contributed by atoms with Gasteiger partial charge in [-0.2, -0.15) is 0 Å². The molecule has 2 N–H and O–H groups in total. The first-order valence-electron chi connectivity index (χ1n) is 8.54. The normalized spacial score (nSPS) is 11.3. The number of hydrogen-bond acceptors (Lipinski definition) is 4. The van der Waals surface area contributed by atoms with Gasteiger partial charge in [-0.15, -0.1) is 0 Å². The highest BCUT2D eigenvalue weighted by Gasteiger charge is 2.24. The standard InChI is InChI=1S/C20H22N4O3/c1-20(2,3)23-18(25)16-14-10-7-8-12-24(14)17(22-16)19(26)21-13-9-5-6-11-15(13)27-4/h5-12H,1-4H3,(H,21,26)(H,23,25). The maximum atomic E-state index is 12.8. The zero-order chi connectivity index (χ0) is 19.6. The number of ether oxygens (including phenoxy) is 1. The van der Waals surface area contributed by atoms with E-state index in [1.54, 1.807) is 47.0 Å². The summed E-state index contributed by atoms with van der Waals surface area (Å²) < 4.78 is 6.86. The number of rotatable bonds is 4. The number of anilines is 1. The zero-order valence-corrected chi connectivity index (χ0v) is 15.7. The summed E-state index contributed by atoms with van der Waals surface area (Å²) in [4.78, 5) is 29.8. The fourth-order valence-electron chi connectivity index (χ4n) is 2.69. The number of benzene rings is 1. The van der Waals surface area contributed by atoms with E-state index in [0.29, 0.717) is 17.0 Å². The molecule has 0 aliphatic heterocycles. The number of carbonyl (C=O) groups excluding carboxylic acids is 2. The molecule has 3 rings (SSSR count). The molecule has 7 heteroatoms. The summed E-state index contributed by atoms with van der Waals surface area (Å²) in [5.41, 5.74) is 0.875. The molecule has 0 saturated carbocycles. The Morgan fingerprint density at radius 1 is 1.04 bits per heavy atom. The minimum absolute atomic E-state index is 0.121. The van der Waals surface area contributed by atoms with Gasteiger partial charge in [0.05, 0.1) is 18.3 Å². The maximum absolute atomic E-state index is 12.8. The molecule has 0 fully saturated rings. The Morgan fingerprint density at radius 2 is 1.74 bits per heavy atom. The van der Waals surface area contributed by atoms with E-state index < -0.39 is 11.4 Å². The maximum Gasteiger partial charge on any atom is 0.292 e. The van der Waals surface area contributed by atoms with E-state index in [4.69, 9.17) is 4.74 Å². The van der Waals surface area contributed by atoms with E-state index in [9.17, 15) is 9.59 Å². The predicted molar refractivity (Wildman–Crippen MR) is 103 cm³/mol. The number of pyridine rings is 1. The van der Waals surface area contributed by atoms with Crippen LogP contribution in [0.1, 0.15) is 41.9 Å². The minimum atomic E-state index is -0.435. The zero-order valence-electron chi connectivity index (χ0n) is 15.7. The molecule has 140 valence electrons. The molecule has 0 radical (unpaired) electrons. The molecular weight excluding hydrogens is 344 g/mol. The largest absolute Gasteiger partial charge is 0.495 e. The Kier molecular flexibility index (Phi) is 4.85. The lowest BCUT2D eigenvalue weighted by Crippen LogP contribution is -2.40. The third-order valence-corrected chi connectivity index (χ3v) is 3.81. The Morgan fingerprint density at radius 3 is 2.44 bits per heavy atom. The average Bonchev–Trinajstić information content (AvgIpc) is 3.01. The van der Waals surface area contributed by atoms with Gasteiger partial charge in [-0.05, 0) is 45.0 Å². The van der Waals surface area contributed by atoms with E-state index in [2.05, 4.69) is 15.6 Å². The molecule has 1 aromatic carbocycles. The fourth-order valence-corrected chi connectivity index (χ4v) is 2.69. The van der Waals surface area contributed by atoms with E-state index >= 15 is 0 Å². The van der Waals surface area contributed by atoms with Crippen molar-refractivity contribution in [3.8, 4) is 5.75 Å². The molecule has 0 atom stereocenters.